The van der Waals surface area contributed by atoms with E-state index in [2.05, 4.69) is 10.3 Å². The van der Waals surface area contributed by atoms with Gasteiger partial charge in [-0.1, -0.05) is 11.6 Å². The summed E-state index contributed by atoms with van der Waals surface area (Å²) in [7, 11) is 0. The fourth-order valence-corrected chi connectivity index (χ4v) is 1.74. The van der Waals surface area contributed by atoms with Gasteiger partial charge in [-0.15, -0.1) is 0 Å². The quantitative estimate of drug-likeness (QED) is 0.889. The number of nitrogens with two attached hydrogens (primary N) is 1. The van der Waals surface area contributed by atoms with Gasteiger partial charge >= 0.3 is 0 Å². The van der Waals surface area contributed by atoms with Crippen LogP contribution < -0.4 is 11.1 Å². The predicted molar refractivity (Wildman–Crippen MR) is 72.7 cm³/mol. The van der Waals surface area contributed by atoms with Gasteiger partial charge in [0.2, 0.25) is 0 Å². The summed E-state index contributed by atoms with van der Waals surface area (Å²) in [5.74, 6) is -1.92. The molecule has 0 fully saturated rings. The van der Waals surface area contributed by atoms with E-state index in [0.717, 1.165) is 0 Å². The molecule has 2 aromatic rings. The van der Waals surface area contributed by atoms with E-state index >= 15 is 0 Å². The topological polar surface area (TPSA) is 91.8 Å². The molecule has 0 spiro atoms. The Kier molecular flexibility index (Phi) is 3.82. The number of nitriles is 1. The van der Waals surface area contributed by atoms with Crippen molar-refractivity contribution >= 4 is 29.0 Å². The molecule has 2 rings (SSSR count). The van der Waals surface area contributed by atoms with Crippen molar-refractivity contribution in [2.24, 2.45) is 0 Å². The Morgan fingerprint density at radius 3 is 2.85 bits per heavy atom. The van der Waals surface area contributed by atoms with Gasteiger partial charge in [-0.2, -0.15) is 5.26 Å². The van der Waals surface area contributed by atoms with Gasteiger partial charge in [0.05, 0.1) is 16.1 Å². The Morgan fingerprint density at radius 1 is 1.45 bits per heavy atom. The summed E-state index contributed by atoms with van der Waals surface area (Å²) >= 11 is 5.84. The van der Waals surface area contributed by atoms with Crippen LogP contribution in [0.25, 0.3) is 0 Å². The van der Waals surface area contributed by atoms with Crippen LogP contribution in [0.5, 0.6) is 0 Å². The van der Waals surface area contributed by atoms with Crippen molar-refractivity contribution in [3.8, 4) is 6.07 Å². The van der Waals surface area contributed by atoms with E-state index in [4.69, 9.17) is 22.6 Å². The Balaban J connectivity index is 2.26. The molecule has 0 unspecified atom stereocenters. The second-order valence-electron chi connectivity index (χ2n) is 3.82. The Morgan fingerprint density at radius 2 is 2.20 bits per heavy atom. The van der Waals surface area contributed by atoms with E-state index in [0.29, 0.717) is 5.69 Å². The van der Waals surface area contributed by atoms with Crippen molar-refractivity contribution in [3.05, 3.63) is 52.4 Å². The van der Waals surface area contributed by atoms with Gasteiger partial charge in [0.15, 0.2) is 11.6 Å². The van der Waals surface area contributed by atoms with Crippen LogP contribution in [0.15, 0.2) is 30.5 Å². The van der Waals surface area contributed by atoms with Crippen LogP contribution in [0.1, 0.15) is 15.9 Å². The molecule has 1 heterocycles. The molecule has 7 heteroatoms. The standard InChI is InChI=1S/C13H8ClFN4O/c14-10-5-8(2-1-7(10)6-16)19-13(20)9-3-4-18-12(17)11(9)15/h1-5H,(H2,17,18)(H,19,20). The highest BCUT2D eigenvalue weighted by Crippen LogP contribution is 2.21. The first-order chi connectivity index (χ1) is 9.52. The maximum atomic E-state index is 13.6. The SMILES string of the molecule is N#Cc1ccc(NC(=O)c2ccnc(N)c2F)cc1Cl. The smallest absolute Gasteiger partial charge is 0.258 e. The number of hydrogen-bond acceptors (Lipinski definition) is 4. The third kappa shape index (κ3) is 2.68. The zero-order valence-electron chi connectivity index (χ0n) is 10.0. The number of hydrogen-bond donors (Lipinski definition) is 2. The van der Waals surface area contributed by atoms with Gasteiger partial charge in [-0.25, -0.2) is 9.37 Å². The van der Waals surface area contributed by atoms with Crippen molar-refractivity contribution in [2.45, 2.75) is 0 Å². The van der Waals surface area contributed by atoms with E-state index in [1.807, 2.05) is 6.07 Å². The number of nitrogen functional groups attached to an aromatic ring is 1. The second-order valence-corrected chi connectivity index (χ2v) is 4.23. The molecule has 0 saturated heterocycles. The lowest BCUT2D eigenvalue weighted by molar-refractivity contribution is 0.102. The summed E-state index contributed by atoms with van der Waals surface area (Å²) in [6.45, 7) is 0. The molecule has 0 radical (unpaired) electrons. The first kappa shape index (κ1) is 13.8. The molecule has 100 valence electrons. The predicted octanol–water partition coefficient (Wildman–Crippen LogP) is 2.58. The minimum atomic E-state index is -0.884. The monoisotopic (exact) mass is 290 g/mol. The van der Waals surface area contributed by atoms with Crippen LogP contribution in [0, 0.1) is 17.1 Å². The van der Waals surface area contributed by atoms with Gasteiger partial charge in [0.1, 0.15) is 6.07 Å². The lowest BCUT2D eigenvalue weighted by atomic mass is 10.2. The Bertz CT molecular complexity index is 727. The molecule has 5 nitrogen and oxygen atoms in total. The summed E-state index contributed by atoms with van der Waals surface area (Å²) < 4.78 is 13.6. The maximum Gasteiger partial charge on any atom is 0.258 e. The number of carbonyl (C=O) groups is 1. The largest absolute Gasteiger partial charge is 0.381 e. The average Bonchev–Trinajstić information content (AvgIpc) is 2.42. The zero-order valence-corrected chi connectivity index (χ0v) is 10.8. The second kappa shape index (κ2) is 5.55. The number of nitrogens with zero attached hydrogens (tertiary/aromatic N) is 2. The number of rotatable bonds is 2. The van der Waals surface area contributed by atoms with Crippen LogP contribution in [0.4, 0.5) is 15.9 Å². The number of amides is 1. The summed E-state index contributed by atoms with van der Waals surface area (Å²) in [6, 6.07) is 7.46. The van der Waals surface area contributed by atoms with E-state index in [9.17, 15) is 9.18 Å². The summed E-state index contributed by atoms with van der Waals surface area (Å²) in [4.78, 5) is 15.4. The minimum absolute atomic E-state index is 0.194. The number of carbonyl (C=O) groups excluding carboxylic acids is 1. The first-order valence-electron chi connectivity index (χ1n) is 5.44. The first-order valence-corrected chi connectivity index (χ1v) is 5.81. The molecule has 1 amide bonds. The highest BCUT2D eigenvalue weighted by atomic mass is 35.5. The van der Waals surface area contributed by atoms with Crippen LogP contribution in [-0.4, -0.2) is 10.9 Å². The van der Waals surface area contributed by atoms with Crippen LogP contribution in [-0.2, 0) is 0 Å². The number of benzene rings is 1. The van der Waals surface area contributed by atoms with Crippen molar-refractivity contribution in [1.29, 1.82) is 5.26 Å². The molecule has 0 saturated carbocycles. The molecule has 0 atom stereocenters. The van der Waals surface area contributed by atoms with Gasteiger partial charge < -0.3 is 11.1 Å². The van der Waals surface area contributed by atoms with E-state index in [1.165, 1.54) is 30.5 Å². The number of anilines is 2. The molecule has 0 aliphatic rings. The number of aromatic nitrogens is 1. The Labute approximate surface area is 118 Å². The third-order valence-corrected chi connectivity index (χ3v) is 2.82. The fraction of sp³-hybridized carbons (Fsp3) is 0. The van der Waals surface area contributed by atoms with Crippen LogP contribution >= 0.6 is 11.6 Å². The van der Waals surface area contributed by atoms with Crippen molar-refractivity contribution in [1.82, 2.24) is 4.98 Å². The fourth-order valence-electron chi connectivity index (χ4n) is 1.52. The average molecular weight is 291 g/mol. The van der Waals surface area contributed by atoms with Crippen molar-refractivity contribution in [3.63, 3.8) is 0 Å². The molecule has 0 aliphatic carbocycles. The normalized spacial score (nSPS) is 9.85. The van der Waals surface area contributed by atoms with Gasteiger partial charge in [-0.05, 0) is 24.3 Å². The van der Waals surface area contributed by atoms with Gasteiger partial charge in [-0.3, -0.25) is 4.79 Å². The molecular formula is C13H8ClFN4O. The molecule has 3 N–H and O–H groups in total. The zero-order chi connectivity index (χ0) is 14.7. The summed E-state index contributed by atoms with van der Waals surface area (Å²) in [5.41, 5.74) is 5.69. The lowest BCUT2D eigenvalue weighted by Crippen LogP contribution is -2.15. The molecular weight excluding hydrogens is 283 g/mol. The molecule has 1 aromatic carbocycles. The van der Waals surface area contributed by atoms with E-state index in [-0.39, 0.29) is 22.0 Å². The summed E-state index contributed by atoms with van der Waals surface area (Å²) in [5, 5.41) is 11.4. The summed E-state index contributed by atoms with van der Waals surface area (Å²) in [6.07, 6.45) is 1.24. The van der Waals surface area contributed by atoms with Crippen LogP contribution in [0.3, 0.4) is 0 Å². The number of nitrogens with one attached hydrogen (secondary N) is 1. The molecule has 1 aromatic heterocycles. The van der Waals surface area contributed by atoms with Gasteiger partial charge in [0, 0.05) is 11.9 Å². The molecule has 0 aliphatic heterocycles. The highest BCUT2D eigenvalue weighted by Gasteiger charge is 2.15. The van der Waals surface area contributed by atoms with Crippen molar-refractivity contribution in [2.75, 3.05) is 11.1 Å². The maximum absolute atomic E-state index is 13.6. The van der Waals surface area contributed by atoms with Crippen molar-refractivity contribution < 1.29 is 9.18 Å². The minimum Gasteiger partial charge on any atom is -0.381 e. The van der Waals surface area contributed by atoms with E-state index in [1.54, 1.807) is 0 Å². The van der Waals surface area contributed by atoms with Crippen LogP contribution in [0.2, 0.25) is 5.02 Å². The van der Waals surface area contributed by atoms with E-state index < -0.39 is 11.7 Å². The molecule has 20 heavy (non-hydrogen) atoms. The Hall–Kier alpha value is -2.65. The van der Waals surface area contributed by atoms with Gasteiger partial charge in [0.25, 0.3) is 5.91 Å². The number of halogens is 2. The lowest BCUT2D eigenvalue weighted by Gasteiger charge is -2.07. The third-order valence-electron chi connectivity index (χ3n) is 2.51. The highest BCUT2D eigenvalue weighted by molar-refractivity contribution is 6.32. The number of pyridine rings is 1. The molecule has 0 bridgehead atoms.